The number of ether oxygens (including phenoxy) is 2. The van der Waals surface area contributed by atoms with Crippen LogP contribution in [-0.2, 0) is 5.60 Å². The maximum Gasteiger partial charge on any atom is 0.164 e. The summed E-state index contributed by atoms with van der Waals surface area (Å²) >= 11 is 0. The van der Waals surface area contributed by atoms with Crippen LogP contribution in [0.5, 0.6) is 17.2 Å². The summed E-state index contributed by atoms with van der Waals surface area (Å²) < 4.78 is 11.6. The highest BCUT2D eigenvalue weighted by Crippen LogP contribution is 2.60. The molecule has 2 aliphatic rings. The van der Waals surface area contributed by atoms with Crippen LogP contribution in [0, 0.1) is 0 Å². The van der Waals surface area contributed by atoms with Crippen molar-refractivity contribution in [2.24, 2.45) is 0 Å². The molecule has 4 rings (SSSR count). The molecule has 2 aromatic rings. The van der Waals surface area contributed by atoms with Crippen molar-refractivity contribution in [1.82, 2.24) is 0 Å². The van der Waals surface area contributed by atoms with E-state index in [0.29, 0.717) is 11.7 Å². The van der Waals surface area contributed by atoms with E-state index < -0.39 is 0 Å². The third-order valence-electron chi connectivity index (χ3n) is 4.85. The number of hydrogen-bond acceptors (Lipinski definition) is 3. The molecule has 2 aromatic carbocycles. The van der Waals surface area contributed by atoms with Crippen LogP contribution < -0.4 is 9.47 Å². The molecule has 0 amide bonds. The third kappa shape index (κ3) is 1.67. The Labute approximate surface area is 124 Å². The molecular weight excluding hydrogens is 264 g/mol. The van der Waals surface area contributed by atoms with Gasteiger partial charge in [0.15, 0.2) is 11.5 Å². The molecule has 0 saturated heterocycles. The first kappa shape index (κ1) is 12.6. The van der Waals surface area contributed by atoms with E-state index in [9.17, 15) is 5.11 Å². The van der Waals surface area contributed by atoms with Crippen LogP contribution in [0.25, 0.3) is 0 Å². The molecule has 21 heavy (non-hydrogen) atoms. The Bertz CT molecular complexity index is 680. The predicted molar refractivity (Wildman–Crippen MR) is 80.0 cm³/mol. The Kier molecular flexibility index (Phi) is 2.64. The van der Waals surface area contributed by atoms with Crippen molar-refractivity contribution in [3.63, 3.8) is 0 Å². The van der Waals surface area contributed by atoms with Crippen molar-refractivity contribution in [2.45, 2.75) is 30.8 Å². The lowest BCUT2D eigenvalue weighted by atomic mass is 9.82. The average Bonchev–Trinajstić information content (AvgIpc) is 3.05. The minimum atomic E-state index is -0.275. The van der Waals surface area contributed by atoms with Crippen molar-refractivity contribution >= 4 is 0 Å². The summed E-state index contributed by atoms with van der Waals surface area (Å²) in [4.78, 5) is 0. The van der Waals surface area contributed by atoms with Crippen LogP contribution in [0.3, 0.4) is 0 Å². The SMILES string of the molecule is COc1cc2c(cc1O)[C@H]1CCC[C@@]1(c1ccccc1)O2. The van der Waals surface area contributed by atoms with Crippen molar-refractivity contribution in [1.29, 1.82) is 0 Å². The molecular formula is C18H18O3. The lowest BCUT2D eigenvalue weighted by molar-refractivity contribution is 0.0839. The summed E-state index contributed by atoms with van der Waals surface area (Å²) in [5.74, 6) is 1.82. The number of aromatic hydroxyl groups is 1. The second-order valence-electron chi connectivity index (χ2n) is 5.86. The van der Waals surface area contributed by atoms with Gasteiger partial charge in [0.2, 0.25) is 0 Å². The molecule has 0 aromatic heterocycles. The van der Waals surface area contributed by atoms with Gasteiger partial charge in [-0.15, -0.1) is 0 Å². The number of phenols is 1. The van der Waals surface area contributed by atoms with E-state index in [1.807, 2.05) is 18.2 Å². The molecule has 1 aliphatic carbocycles. The molecule has 0 bridgehead atoms. The lowest BCUT2D eigenvalue weighted by Gasteiger charge is -2.29. The van der Waals surface area contributed by atoms with Gasteiger partial charge in [-0.3, -0.25) is 0 Å². The van der Waals surface area contributed by atoms with Gasteiger partial charge in [0.25, 0.3) is 0 Å². The van der Waals surface area contributed by atoms with Gasteiger partial charge in [0.1, 0.15) is 11.4 Å². The van der Waals surface area contributed by atoms with Crippen molar-refractivity contribution in [3.05, 3.63) is 53.6 Å². The standard InChI is InChI=1S/C18H18O3/c1-20-17-11-16-13(10-15(17)19)14-8-5-9-18(14,21-16)12-6-3-2-4-7-12/h2-4,6-7,10-11,14,19H,5,8-9H2,1H3/t14-,18+/m1/s1. The third-order valence-corrected chi connectivity index (χ3v) is 4.85. The van der Waals surface area contributed by atoms with E-state index in [1.54, 1.807) is 7.11 Å². The Morgan fingerprint density at radius 1 is 1.24 bits per heavy atom. The first-order valence-electron chi connectivity index (χ1n) is 7.40. The van der Waals surface area contributed by atoms with Crippen molar-refractivity contribution in [2.75, 3.05) is 7.11 Å². The van der Waals surface area contributed by atoms with Gasteiger partial charge < -0.3 is 14.6 Å². The van der Waals surface area contributed by atoms with E-state index in [0.717, 1.165) is 30.6 Å². The maximum absolute atomic E-state index is 10.1. The Morgan fingerprint density at radius 3 is 2.81 bits per heavy atom. The molecule has 1 N–H and O–H groups in total. The molecule has 2 atom stereocenters. The fourth-order valence-electron chi connectivity index (χ4n) is 3.92. The largest absolute Gasteiger partial charge is 0.504 e. The molecule has 1 aliphatic heterocycles. The predicted octanol–water partition coefficient (Wildman–Crippen LogP) is 3.96. The van der Waals surface area contributed by atoms with Gasteiger partial charge >= 0.3 is 0 Å². The highest BCUT2D eigenvalue weighted by atomic mass is 16.5. The molecule has 1 heterocycles. The molecule has 1 fully saturated rings. The second-order valence-corrected chi connectivity index (χ2v) is 5.86. The lowest BCUT2D eigenvalue weighted by Crippen LogP contribution is -2.30. The monoisotopic (exact) mass is 282 g/mol. The van der Waals surface area contributed by atoms with Gasteiger partial charge in [-0.25, -0.2) is 0 Å². The number of fused-ring (bicyclic) bond motifs is 3. The minimum absolute atomic E-state index is 0.190. The normalized spacial score (nSPS) is 26.0. The highest BCUT2D eigenvalue weighted by Gasteiger charge is 2.52. The topological polar surface area (TPSA) is 38.7 Å². The van der Waals surface area contributed by atoms with Crippen LogP contribution >= 0.6 is 0 Å². The first-order valence-corrected chi connectivity index (χ1v) is 7.40. The minimum Gasteiger partial charge on any atom is -0.504 e. The molecule has 3 heteroatoms. The van der Waals surface area contributed by atoms with E-state index in [4.69, 9.17) is 9.47 Å². The number of phenolic OH excluding ortho intramolecular Hbond substituents is 1. The smallest absolute Gasteiger partial charge is 0.164 e. The fourth-order valence-corrected chi connectivity index (χ4v) is 3.92. The molecule has 0 radical (unpaired) electrons. The van der Waals surface area contributed by atoms with Crippen LogP contribution in [0.15, 0.2) is 42.5 Å². The first-order chi connectivity index (χ1) is 10.2. The second kappa shape index (κ2) is 4.42. The van der Waals surface area contributed by atoms with Gasteiger partial charge in [-0.1, -0.05) is 30.3 Å². The number of methoxy groups -OCH3 is 1. The summed E-state index contributed by atoms with van der Waals surface area (Å²) in [6.07, 6.45) is 3.25. The fraction of sp³-hybridized carbons (Fsp3) is 0.333. The van der Waals surface area contributed by atoms with Crippen molar-refractivity contribution < 1.29 is 14.6 Å². The van der Waals surface area contributed by atoms with Gasteiger partial charge in [0, 0.05) is 17.5 Å². The maximum atomic E-state index is 10.1. The van der Waals surface area contributed by atoms with Gasteiger partial charge in [0.05, 0.1) is 7.11 Å². The molecule has 0 unspecified atom stereocenters. The Morgan fingerprint density at radius 2 is 2.05 bits per heavy atom. The molecule has 1 saturated carbocycles. The van der Waals surface area contributed by atoms with E-state index in [1.165, 1.54) is 5.56 Å². The van der Waals surface area contributed by atoms with Crippen LogP contribution in [0.1, 0.15) is 36.3 Å². The summed E-state index contributed by atoms with van der Waals surface area (Å²) in [7, 11) is 1.56. The van der Waals surface area contributed by atoms with Crippen LogP contribution in [-0.4, -0.2) is 12.2 Å². The summed E-state index contributed by atoms with van der Waals surface area (Å²) in [6, 6.07) is 14.1. The summed E-state index contributed by atoms with van der Waals surface area (Å²) in [5, 5.41) is 10.1. The summed E-state index contributed by atoms with van der Waals surface area (Å²) in [5.41, 5.74) is 2.05. The Balaban J connectivity index is 1.85. The quantitative estimate of drug-likeness (QED) is 0.906. The zero-order chi connectivity index (χ0) is 14.4. The van der Waals surface area contributed by atoms with Gasteiger partial charge in [-0.05, 0) is 30.9 Å². The summed E-state index contributed by atoms with van der Waals surface area (Å²) in [6.45, 7) is 0. The Hall–Kier alpha value is -2.16. The number of benzene rings is 2. The van der Waals surface area contributed by atoms with Crippen LogP contribution in [0.2, 0.25) is 0 Å². The van der Waals surface area contributed by atoms with Gasteiger partial charge in [-0.2, -0.15) is 0 Å². The van der Waals surface area contributed by atoms with Crippen LogP contribution in [0.4, 0.5) is 0 Å². The van der Waals surface area contributed by atoms with Crippen molar-refractivity contribution in [3.8, 4) is 17.2 Å². The zero-order valence-corrected chi connectivity index (χ0v) is 12.0. The highest BCUT2D eigenvalue weighted by molar-refractivity contribution is 5.56. The van der Waals surface area contributed by atoms with E-state index in [-0.39, 0.29) is 11.4 Å². The average molecular weight is 282 g/mol. The number of rotatable bonds is 2. The zero-order valence-electron chi connectivity index (χ0n) is 12.0. The molecule has 108 valence electrons. The molecule has 0 spiro atoms. The molecule has 3 nitrogen and oxygen atoms in total. The number of hydrogen-bond donors (Lipinski definition) is 1. The van der Waals surface area contributed by atoms with E-state index >= 15 is 0 Å². The van der Waals surface area contributed by atoms with E-state index in [2.05, 4.69) is 24.3 Å².